The topological polar surface area (TPSA) is 86.4 Å². The molecular formula is C8H8KNO3. The number of hydrogen-bond donors (Lipinski definition) is 2. The molecule has 0 aliphatic heterocycles. The SMILES string of the molecule is N[C@@H](C(=O)[O-])c1ccc(O)cc1.[K+]. The summed E-state index contributed by atoms with van der Waals surface area (Å²) in [5, 5.41) is 19.2. The van der Waals surface area contributed by atoms with Crippen molar-refractivity contribution in [1.29, 1.82) is 0 Å². The summed E-state index contributed by atoms with van der Waals surface area (Å²) in [5.74, 6) is -1.26. The molecule has 1 aromatic carbocycles. The molecule has 5 heteroatoms. The van der Waals surface area contributed by atoms with Crippen molar-refractivity contribution < 1.29 is 66.4 Å². The molecule has 0 heterocycles. The van der Waals surface area contributed by atoms with Crippen molar-refractivity contribution in [3.8, 4) is 5.75 Å². The van der Waals surface area contributed by atoms with E-state index in [9.17, 15) is 9.90 Å². The minimum atomic E-state index is -1.33. The Hall–Kier alpha value is 0.0864. The van der Waals surface area contributed by atoms with Crippen molar-refractivity contribution >= 4 is 5.97 Å². The fourth-order valence-electron chi connectivity index (χ4n) is 0.818. The quantitative estimate of drug-likeness (QED) is 0.484. The Morgan fingerprint density at radius 3 is 2.23 bits per heavy atom. The number of phenols is 1. The van der Waals surface area contributed by atoms with E-state index in [4.69, 9.17) is 10.8 Å². The van der Waals surface area contributed by atoms with Crippen molar-refractivity contribution in [3.63, 3.8) is 0 Å². The van der Waals surface area contributed by atoms with Crippen molar-refractivity contribution in [3.05, 3.63) is 29.8 Å². The van der Waals surface area contributed by atoms with Gasteiger partial charge in [-0.15, -0.1) is 0 Å². The molecular weight excluding hydrogens is 197 g/mol. The molecule has 0 bridgehead atoms. The monoisotopic (exact) mass is 205 g/mol. The fraction of sp³-hybridized carbons (Fsp3) is 0.125. The van der Waals surface area contributed by atoms with E-state index in [-0.39, 0.29) is 57.1 Å². The first-order chi connectivity index (χ1) is 5.61. The van der Waals surface area contributed by atoms with E-state index >= 15 is 0 Å². The molecule has 0 saturated carbocycles. The zero-order chi connectivity index (χ0) is 9.14. The van der Waals surface area contributed by atoms with Crippen LogP contribution in [0.2, 0.25) is 0 Å². The van der Waals surface area contributed by atoms with Crippen LogP contribution in [0.1, 0.15) is 11.6 Å². The molecule has 1 atom stereocenters. The summed E-state index contributed by atoms with van der Waals surface area (Å²) < 4.78 is 0. The molecule has 0 aliphatic rings. The van der Waals surface area contributed by atoms with Crippen LogP contribution in [0.5, 0.6) is 5.75 Å². The van der Waals surface area contributed by atoms with Gasteiger partial charge in [0.25, 0.3) is 0 Å². The van der Waals surface area contributed by atoms with Gasteiger partial charge in [0.2, 0.25) is 0 Å². The molecule has 0 aliphatic carbocycles. The predicted molar refractivity (Wildman–Crippen MR) is 40.0 cm³/mol. The third kappa shape index (κ3) is 3.76. The van der Waals surface area contributed by atoms with Crippen LogP contribution in [-0.2, 0) is 4.79 Å². The van der Waals surface area contributed by atoms with Crippen molar-refractivity contribution in [2.45, 2.75) is 6.04 Å². The van der Waals surface area contributed by atoms with Crippen LogP contribution in [0, 0.1) is 0 Å². The Morgan fingerprint density at radius 2 is 1.85 bits per heavy atom. The van der Waals surface area contributed by atoms with Crippen LogP contribution in [0.25, 0.3) is 0 Å². The number of carbonyl (C=O) groups excluding carboxylic acids is 1. The van der Waals surface area contributed by atoms with Crippen LogP contribution in [0.15, 0.2) is 24.3 Å². The summed E-state index contributed by atoms with van der Waals surface area (Å²) in [5.41, 5.74) is 5.65. The minimum Gasteiger partial charge on any atom is -0.548 e. The van der Waals surface area contributed by atoms with Gasteiger partial charge in [-0.2, -0.15) is 0 Å². The summed E-state index contributed by atoms with van der Waals surface area (Å²) in [6, 6.07) is 4.49. The van der Waals surface area contributed by atoms with Crippen molar-refractivity contribution in [2.75, 3.05) is 0 Å². The molecule has 1 rings (SSSR count). The average Bonchev–Trinajstić information content (AvgIpc) is 2.04. The smallest absolute Gasteiger partial charge is 0.548 e. The predicted octanol–water partition coefficient (Wildman–Crippen LogP) is -3.85. The van der Waals surface area contributed by atoms with E-state index in [1.165, 1.54) is 24.3 Å². The third-order valence-electron chi connectivity index (χ3n) is 1.51. The van der Waals surface area contributed by atoms with Crippen molar-refractivity contribution in [2.24, 2.45) is 5.73 Å². The molecule has 4 nitrogen and oxygen atoms in total. The fourth-order valence-corrected chi connectivity index (χ4v) is 0.818. The zero-order valence-corrected chi connectivity index (χ0v) is 10.4. The number of benzene rings is 1. The van der Waals surface area contributed by atoms with Crippen LogP contribution < -0.4 is 62.2 Å². The summed E-state index contributed by atoms with van der Waals surface area (Å²) in [4.78, 5) is 10.3. The second-order valence-electron chi connectivity index (χ2n) is 2.39. The second-order valence-corrected chi connectivity index (χ2v) is 2.39. The number of nitrogens with two attached hydrogens (primary N) is 1. The standard InChI is InChI=1S/C8H9NO3.K/c9-7(8(11)12)5-1-3-6(10)4-2-5;/h1-4,7,10H,9H2,(H,11,12);/q;+1/p-1/t7-;/m1./s1. The first-order valence-electron chi connectivity index (χ1n) is 3.36. The summed E-state index contributed by atoms with van der Waals surface area (Å²) >= 11 is 0. The second kappa shape index (κ2) is 5.74. The number of hydrogen-bond acceptors (Lipinski definition) is 4. The summed E-state index contributed by atoms with van der Waals surface area (Å²) in [6.07, 6.45) is 0. The van der Waals surface area contributed by atoms with Crippen molar-refractivity contribution in [1.82, 2.24) is 0 Å². The van der Waals surface area contributed by atoms with E-state index < -0.39 is 12.0 Å². The maximum Gasteiger partial charge on any atom is 1.00 e. The van der Waals surface area contributed by atoms with E-state index in [2.05, 4.69) is 0 Å². The zero-order valence-electron chi connectivity index (χ0n) is 7.23. The maximum absolute atomic E-state index is 10.3. The molecule has 0 spiro atoms. The molecule has 1 aromatic rings. The van der Waals surface area contributed by atoms with Gasteiger partial charge in [-0.1, -0.05) is 12.1 Å². The molecule has 0 aromatic heterocycles. The summed E-state index contributed by atoms with van der Waals surface area (Å²) in [7, 11) is 0. The van der Waals surface area contributed by atoms with E-state index in [0.29, 0.717) is 5.56 Å². The Morgan fingerprint density at radius 1 is 1.38 bits per heavy atom. The Kier molecular flexibility index (Phi) is 5.78. The van der Waals surface area contributed by atoms with Gasteiger partial charge in [0, 0.05) is 0 Å². The molecule has 0 fully saturated rings. The largest absolute Gasteiger partial charge is 1.00 e. The number of rotatable bonds is 2. The van der Waals surface area contributed by atoms with Gasteiger partial charge in [-0.25, -0.2) is 0 Å². The third-order valence-corrected chi connectivity index (χ3v) is 1.51. The molecule has 0 amide bonds. The Labute approximate surface area is 118 Å². The number of carbonyl (C=O) groups is 1. The first kappa shape index (κ1) is 13.1. The summed E-state index contributed by atoms with van der Waals surface area (Å²) in [6.45, 7) is 0. The number of phenolic OH excluding ortho intramolecular Hbond substituents is 1. The molecule has 0 unspecified atom stereocenters. The molecule has 3 N–H and O–H groups in total. The van der Waals surface area contributed by atoms with E-state index in [0.717, 1.165) is 0 Å². The van der Waals surface area contributed by atoms with Crippen LogP contribution in [-0.4, -0.2) is 11.1 Å². The average molecular weight is 205 g/mol. The number of aliphatic carboxylic acids is 1. The van der Waals surface area contributed by atoms with Gasteiger partial charge in [0.15, 0.2) is 0 Å². The van der Waals surface area contributed by atoms with E-state index in [1.807, 2.05) is 0 Å². The maximum atomic E-state index is 10.3. The molecule has 0 radical (unpaired) electrons. The van der Waals surface area contributed by atoms with Crippen LogP contribution >= 0.6 is 0 Å². The van der Waals surface area contributed by atoms with Gasteiger partial charge in [-0.05, 0) is 17.7 Å². The Bertz CT molecular complexity index is 286. The molecule has 0 saturated heterocycles. The van der Waals surface area contributed by atoms with Crippen LogP contribution in [0.4, 0.5) is 0 Å². The minimum absolute atomic E-state index is 0. The van der Waals surface area contributed by atoms with Gasteiger partial charge in [0.1, 0.15) is 5.75 Å². The first-order valence-corrected chi connectivity index (χ1v) is 3.36. The van der Waals surface area contributed by atoms with Gasteiger partial charge >= 0.3 is 51.4 Å². The van der Waals surface area contributed by atoms with Gasteiger partial charge in [0.05, 0.1) is 12.0 Å². The van der Waals surface area contributed by atoms with Crippen LogP contribution in [0.3, 0.4) is 0 Å². The van der Waals surface area contributed by atoms with Gasteiger partial charge in [-0.3, -0.25) is 0 Å². The molecule has 13 heavy (non-hydrogen) atoms. The Balaban J connectivity index is 0.00000144. The van der Waals surface area contributed by atoms with E-state index in [1.54, 1.807) is 0 Å². The number of carboxylic acid groups (broad SMARTS) is 1. The molecule has 64 valence electrons. The van der Waals surface area contributed by atoms with Gasteiger partial charge < -0.3 is 20.7 Å². The number of carboxylic acids is 1. The number of aromatic hydroxyl groups is 1. The normalized spacial score (nSPS) is 11.5.